The van der Waals surface area contributed by atoms with E-state index in [9.17, 15) is 9.59 Å². The lowest BCUT2D eigenvalue weighted by atomic mass is 9.88. The van der Waals surface area contributed by atoms with E-state index in [2.05, 4.69) is 30.0 Å². The SMILES string of the molecule is COc1cc(CN(CC2CCCCC2)[C@@H](C)c2ccc(Cl)cc2)ccc1OCCN1C(=O)COC1=O.O=C(O)O. The van der Waals surface area contributed by atoms with Gasteiger partial charge in [0.1, 0.15) is 6.61 Å². The smallest absolute Gasteiger partial charge is 0.493 e. The van der Waals surface area contributed by atoms with Crippen LogP contribution in [-0.2, 0) is 16.1 Å². The standard InChI is InChI=1S/C28H35ClN2O5.CH2O3/c1-20(23-9-11-24(29)12-10-23)30(17-21-6-4-3-5-7-21)18-22-8-13-25(26(16-22)34-2)35-15-14-31-27(32)19-36-28(31)33;2-1(3)4/h8-13,16,20-21H,3-7,14-15,17-19H2,1-2H3;(H2,2,3,4)/t20-;/m0./s1. The lowest BCUT2D eigenvalue weighted by molar-refractivity contribution is -0.126. The number of amides is 2. The normalized spacial score (nSPS) is 16.2. The predicted octanol–water partition coefficient (Wildman–Crippen LogP) is 6.07. The van der Waals surface area contributed by atoms with Crippen molar-refractivity contribution in [2.75, 3.05) is 33.4 Å². The molecule has 0 radical (unpaired) electrons. The molecule has 10 nitrogen and oxygen atoms in total. The summed E-state index contributed by atoms with van der Waals surface area (Å²) in [5.74, 6) is 1.56. The summed E-state index contributed by atoms with van der Waals surface area (Å²) in [5, 5.41) is 14.7. The van der Waals surface area contributed by atoms with Crippen molar-refractivity contribution in [1.82, 2.24) is 9.80 Å². The molecule has 11 heteroatoms. The molecule has 1 aliphatic heterocycles. The number of imide groups is 1. The molecule has 4 rings (SSSR count). The molecular formula is C29H37ClN2O8. The molecule has 1 saturated carbocycles. The second-order valence-corrected chi connectivity index (χ2v) is 10.3. The van der Waals surface area contributed by atoms with Gasteiger partial charge in [-0.25, -0.2) is 14.5 Å². The number of cyclic esters (lactones) is 1. The topological polar surface area (TPSA) is 126 Å². The Labute approximate surface area is 239 Å². The van der Waals surface area contributed by atoms with Crippen LogP contribution in [0.3, 0.4) is 0 Å². The number of halogens is 1. The van der Waals surface area contributed by atoms with Crippen LogP contribution in [-0.4, -0.2) is 71.6 Å². The highest BCUT2D eigenvalue weighted by molar-refractivity contribution is 6.30. The number of benzene rings is 2. The fraction of sp³-hybridized carbons (Fsp3) is 0.483. The quantitative estimate of drug-likeness (QED) is 0.327. The second kappa shape index (κ2) is 15.3. The highest BCUT2D eigenvalue weighted by Crippen LogP contribution is 2.33. The fourth-order valence-electron chi connectivity index (χ4n) is 5.02. The van der Waals surface area contributed by atoms with Gasteiger partial charge in [-0.1, -0.05) is 49.1 Å². The van der Waals surface area contributed by atoms with E-state index < -0.39 is 12.2 Å². The molecule has 0 spiro atoms. The second-order valence-electron chi connectivity index (χ2n) is 9.88. The van der Waals surface area contributed by atoms with Crippen molar-refractivity contribution in [3.05, 3.63) is 58.6 Å². The van der Waals surface area contributed by atoms with Gasteiger partial charge in [-0.3, -0.25) is 9.69 Å². The first kappa shape index (κ1) is 31.0. The molecule has 0 bridgehead atoms. The third kappa shape index (κ3) is 9.31. The summed E-state index contributed by atoms with van der Waals surface area (Å²) in [5.41, 5.74) is 2.38. The highest BCUT2D eigenvalue weighted by atomic mass is 35.5. The maximum atomic E-state index is 11.7. The molecular weight excluding hydrogens is 540 g/mol. The van der Waals surface area contributed by atoms with Gasteiger partial charge in [-0.2, -0.15) is 0 Å². The van der Waals surface area contributed by atoms with Crippen molar-refractivity contribution in [3.63, 3.8) is 0 Å². The summed E-state index contributed by atoms with van der Waals surface area (Å²) in [6, 6.07) is 14.3. The molecule has 2 aliphatic rings. The zero-order valence-electron chi connectivity index (χ0n) is 22.9. The molecule has 1 aliphatic carbocycles. The van der Waals surface area contributed by atoms with Crippen molar-refractivity contribution in [1.29, 1.82) is 0 Å². The highest BCUT2D eigenvalue weighted by Gasteiger charge is 2.30. The molecule has 2 aromatic carbocycles. The number of ether oxygens (including phenoxy) is 3. The number of hydrogen-bond acceptors (Lipinski definition) is 7. The maximum absolute atomic E-state index is 11.7. The van der Waals surface area contributed by atoms with E-state index in [0.717, 1.165) is 28.6 Å². The Morgan fingerprint density at radius 3 is 2.38 bits per heavy atom. The van der Waals surface area contributed by atoms with Crippen molar-refractivity contribution < 1.29 is 38.8 Å². The largest absolute Gasteiger partial charge is 0.503 e. The van der Waals surface area contributed by atoms with Gasteiger partial charge in [0, 0.05) is 24.2 Å². The monoisotopic (exact) mass is 576 g/mol. The minimum atomic E-state index is -1.83. The number of carbonyl (C=O) groups excluding carboxylic acids is 2. The number of carboxylic acid groups (broad SMARTS) is 2. The van der Waals surface area contributed by atoms with Crippen LogP contribution < -0.4 is 9.47 Å². The number of hydrogen-bond donors (Lipinski definition) is 2. The van der Waals surface area contributed by atoms with Crippen molar-refractivity contribution in [2.45, 2.75) is 51.6 Å². The van der Waals surface area contributed by atoms with E-state index in [1.807, 2.05) is 24.3 Å². The Kier molecular flexibility index (Phi) is 11.9. The lowest BCUT2D eigenvalue weighted by Crippen LogP contribution is -2.33. The first-order valence-corrected chi connectivity index (χ1v) is 13.7. The van der Waals surface area contributed by atoms with Crippen molar-refractivity contribution in [2.24, 2.45) is 5.92 Å². The van der Waals surface area contributed by atoms with E-state index in [-0.39, 0.29) is 31.7 Å². The van der Waals surface area contributed by atoms with Crippen LogP contribution >= 0.6 is 11.6 Å². The summed E-state index contributed by atoms with van der Waals surface area (Å²) in [6.07, 6.45) is 4.08. The van der Waals surface area contributed by atoms with Gasteiger partial charge in [0.05, 0.1) is 13.7 Å². The Morgan fingerprint density at radius 2 is 1.77 bits per heavy atom. The zero-order chi connectivity index (χ0) is 29.1. The van der Waals surface area contributed by atoms with Crippen LogP contribution in [0.1, 0.15) is 56.2 Å². The molecule has 1 atom stereocenters. The van der Waals surface area contributed by atoms with Crippen LogP contribution in [0.2, 0.25) is 5.02 Å². The van der Waals surface area contributed by atoms with E-state index in [1.165, 1.54) is 37.7 Å². The van der Waals surface area contributed by atoms with Crippen LogP contribution in [0.4, 0.5) is 9.59 Å². The zero-order valence-corrected chi connectivity index (χ0v) is 23.6. The van der Waals surface area contributed by atoms with Crippen molar-refractivity contribution in [3.8, 4) is 11.5 Å². The molecule has 1 saturated heterocycles. The van der Waals surface area contributed by atoms with Gasteiger partial charge in [-0.05, 0) is 61.1 Å². The first-order valence-electron chi connectivity index (χ1n) is 13.4. The summed E-state index contributed by atoms with van der Waals surface area (Å²) < 4.78 is 16.2. The minimum absolute atomic E-state index is 0.135. The molecule has 2 fully saturated rings. The number of carbonyl (C=O) groups is 3. The molecule has 0 aromatic heterocycles. The van der Waals surface area contributed by atoms with E-state index in [4.69, 9.17) is 40.8 Å². The Hall–Kier alpha value is -3.50. The Morgan fingerprint density at radius 1 is 1.10 bits per heavy atom. The van der Waals surface area contributed by atoms with Gasteiger partial charge in [-0.15, -0.1) is 0 Å². The number of nitrogens with zero attached hydrogens (tertiary/aromatic N) is 2. The van der Waals surface area contributed by atoms with E-state index >= 15 is 0 Å². The molecule has 1 heterocycles. The van der Waals surface area contributed by atoms with E-state index in [1.54, 1.807) is 7.11 Å². The lowest BCUT2D eigenvalue weighted by Gasteiger charge is -2.34. The Bertz CT molecular complexity index is 1120. The van der Waals surface area contributed by atoms with Crippen LogP contribution in [0.15, 0.2) is 42.5 Å². The van der Waals surface area contributed by atoms with Crippen LogP contribution in [0.25, 0.3) is 0 Å². The average Bonchev–Trinajstić information content (AvgIpc) is 3.26. The molecule has 40 heavy (non-hydrogen) atoms. The fourth-order valence-corrected chi connectivity index (χ4v) is 5.15. The third-order valence-corrected chi connectivity index (χ3v) is 7.40. The average molecular weight is 577 g/mol. The van der Waals surface area contributed by atoms with Crippen LogP contribution in [0.5, 0.6) is 11.5 Å². The van der Waals surface area contributed by atoms with E-state index in [0.29, 0.717) is 17.4 Å². The van der Waals surface area contributed by atoms with Gasteiger partial charge < -0.3 is 24.4 Å². The molecule has 0 unspecified atom stereocenters. The first-order chi connectivity index (χ1) is 19.2. The van der Waals surface area contributed by atoms with Gasteiger partial charge in [0.2, 0.25) is 0 Å². The van der Waals surface area contributed by atoms with Gasteiger partial charge >= 0.3 is 12.2 Å². The number of methoxy groups -OCH3 is 1. The van der Waals surface area contributed by atoms with Crippen molar-refractivity contribution >= 4 is 29.8 Å². The molecule has 218 valence electrons. The molecule has 2 aromatic rings. The van der Waals surface area contributed by atoms with Crippen LogP contribution in [0, 0.1) is 5.92 Å². The summed E-state index contributed by atoms with van der Waals surface area (Å²) in [7, 11) is 1.61. The Balaban J connectivity index is 0.00000103. The minimum Gasteiger partial charge on any atom is -0.493 e. The number of rotatable bonds is 11. The maximum Gasteiger partial charge on any atom is 0.503 e. The molecule has 2 N–H and O–H groups in total. The summed E-state index contributed by atoms with van der Waals surface area (Å²) in [4.78, 5) is 35.5. The predicted molar refractivity (Wildman–Crippen MR) is 149 cm³/mol. The molecule has 2 amide bonds. The third-order valence-electron chi connectivity index (χ3n) is 7.14. The summed E-state index contributed by atoms with van der Waals surface area (Å²) >= 11 is 6.14. The van der Waals surface area contributed by atoms with Gasteiger partial charge in [0.25, 0.3) is 5.91 Å². The summed E-state index contributed by atoms with van der Waals surface area (Å²) in [6.45, 7) is 4.18. The van der Waals surface area contributed by atoms with Gasteiger partial charge in [0.15, 0.2) is 18.1 Å².